The summed E-state index contributed by atoms with van der Waals surface area (Å²) in [5, 5.41) is 23.8. The number of fused-ring (bicyclic) bond motifs is 1. The molecular formula is C16H16N2O3. The van der Waals surface area contributed by atoms with Crippen LogP contribution in [0.1, 0.15) is 29.2 Å². The Bertz CT molecular complexity index is 713. The first-order valence-corrected chi connectivity index (χ1v) is 6.88. The summed E-state index contributed by atoms with van der Waals surface area (Å²) in [6.07, 6.45) is 1.82. The van der Waals surface area contributed by atoms with Gasteiger partial charge in [-0.1, -0.05) is 12.1 Å². The van der Waals surface area contributed by atoms with E-state index >= 15 is 0 Å². The number of nitro groups is 1. The Balaban J connectivity index is 1.89. The number of benzene rings is 2. The van der Waals surface area contributed by atoms with Crippen LogP contribution in [0.3, 0.4) is 0 Å². The van der Waals surface area contributed by atoms with Crippen molar-refractivity contribution in [3.63, 3.8) is 0 Å². The molecule has 108 valence electrons. The number of anilines is 1. The van der Waals surface area contributed by atoms with Gasteiger partial charge in [-0.15, -0.1) is 0 Å². The van der Waals surface area contributed by atoms with Gasteiger partial charge >= 0.3 is 0 Å². The lowest BCUT2D eigenvalue weighted by Crippen LogP contribution is -2.08. The second-order valence-corrected chi connectivity index (χ2v) is 5.38. The predicted molar refractivity (Wildman–Crippen MR) is 80.6 cm³/mol. The Morgan fingerprint density at radius 2 is 2.10 bits per heavy atom. The summed E-state index contributed by atoms with van der Waals surface area (Å²) in [7, 11) is 0. The molecule has 21 heavy (non-hydrogen) atoms. The van der Waals surface area contributed by atoms with Gasteiger partial charge in [-0.25, -0.2) is 0 Å². The van der Waals surface area contributed by atoms with Crippen LogP contribution in [0.15, 0.2) is 36.4 Å². The van der Waals surface area contributed by atoms with E-state index < -0.39 is 0 Å². The molecule has 0 amide bonds. The van der Waals surface area contributed by atoms with E-state index in [4.69, 9.17) is 0 Å². The first-order valence-electron chi connectivity index (χ1n) is 6.88. The molecule has 3 rings (SSSR count). The summed E-state index contributed by atoms with van der Waals surface area (Å²) in [5.74, 6) is 0.279. The van der Waals surface area contributed by atoms with Crippen molar-refractivity contribution in [1.82, 2.24) is 0 Å². The number of nitrogens with one attached hydrogen (secondary N) is 1. The van der Waals surface area contributed by atoms with Gasteiger partial charge in [0.2, 0.25) is 0 Å². The maximum Gasteiger partial charge on any atom is 0.271 e. The van der Waals surface area contributed by atoms with Gasteiger partial charge in [-0.2, -0.15) is 0 Å². The van der Waals surface area contributed by atoms with Crippen LogP contribution in [0.5, 0.6) is 5.75 Å². The van der Waals surface area contributed by atoms with E-state index in [0.717, 1.165) is 35.2 Å². The number of aryl methyl sites for hydroxylation is 2. The van der Waals surface area contributed by atoms with Gasteiger partial charge < -0.3 is 10.4 Å². The molecule has 0 saturated carbocycles. The zero-order valence-electron chi connectivity index (χ0n) is 11.7. The summed E-state index contributed by atoms with van der Waals surface area (Å²) in [6, 6.07) is 10.4. The van der Waals surface area contributed by atoms with Gasteiger partial charge in [0.25, 0.3) is 5.69 Å². The zero-order chi connectivity index (χ0) is 15.0. The van der Waals surface area contributed by atoms with E-state index in [2.05, 4.69) is 5.32 Å². The van der Waals surface area contributed by atoms with Gasteiger partial charge in [0, 0.05) is 17.8 Å². The van der Waals surface area contributed by atoms with E-state index in [9.17, 15) is 15.2 Å². The van der Waals surface area contributed by atoms with E-state index in [1.54, 1.807) is 24.3 Å². The third-order valence-electron chi connectivity index (χ3n) is 3.97. The molecule has 1 aliphatic rings. The Morgan fingerprint density at radius 3 is 2.86 bits per heavy atom. The summed E-state index contributed by atoms with van der Waals surface area (Å²) in [4.78, 5) is 10.5. The standard InChI is InChI=1S/C16H16N2O3/c1-10-2-4-12(18(20)21)9-16(10)17-15-7-3-11-8-13(19)5-6-14(11)15/h2,4-6,8-9,15,17,19H,3,7H2,1H3. The molecule has 1 atom stereocenters. The average molecular weight is 284 g/mol. The highest BCUT2D eigenvalue weighted by Crippen LogP contribution is 2.36. The molecule has 0 aliphatic heterocycles. The summed E-state index contributed by atoms with van der Waals surface area (Å²) in [6.45, 7) is 1.93. The fraction of sp³-hybridized carbons (Fsp3) is 0.250. The first kappa shape index (κ1) is 13.4. The molecule has 0 fully saturated rings. The Kier molecular flexibility index (Phi) is 3.25. The highest BCUT2D eigenvalue weighted by atomic mass is 16.6. The molecule has 2 N–H and O–H groups in total. The monoisotopic (exact) mass is 284 g/mol. The second kappa shape index (κ2) is 5.09. The third-order valence-corrected chi connectivity index (χ3v) is 3.97. The van der Waals surface area contributed by atoms with Crippen molar-refractivity contribution in [2.24, 2.45) is 0 Å². The summed E-state index contributed by atoms with van der Waals surface area (Å²) < 4.78 is 0. The van der Waals surface area contributed by atoms with Crippen molar-refractivity contribution in [1.29, 1.82) is 0 Å². The van der Waals surface area contributed by atoms with Crippen LogP contribution in [0.25, 0.3) is 0 Å². The lowest BCUT2D eigenvalue weighted by atomic mass is 10.1. The van der Waals surface area contributed by atoms with Crippen LogP contribution < -0.4 is 5.32 Å². The van der Waals surface area contributed by atoms with Gasteiger partial charge in [0.05, 0.1) is 11.0 Å². The molecule has 0 heterocycles. The van der Waals surface area contributed by atoms with Crippen LogP contribution >= 0.6 is 0 Å². The van der Waals surface area contributed by atoms with Crippen molar-refractivity contribution in [2.75, 3.05) is 5.32 Å². The van der Waals surface area contributed by atoms with Crippen LogP contribution in [-0.4, -0.2) is 10.0 Å². The van der Waals surface area contributed by atoms with E-state index in [1.807, 2.05) is 13.0 Å². The van der Waals surface area contributed by atoms with Gasteiger partial charge in [-0.3, -0.25) is 10.1 Å². The lowest BCUT2D eigenvalue weighted by Gasteiger charge is -2.17. The van der Waals surface area contributed by atoms with Gasteiger partial charge in [0.15, 0.2) is 0 Å². The predicted octanol–water partition coefficient (Wildman–Crippen LogP) is 3.71. The molecule has 5 nitrogen and oxygen atoms in total. The SMILES string of the molecule is Cc1ccc([N+](=O)[O-])cc1NC1CCc2cc(O)ccc21. The van der Waals surface area contributed by atoms with Crippen molar-refractivity contribution >= 4 is 11.4 Å². The minimum Gasteiger partial charge on any atom is -0.508 e. The number of nitrogens with zero attached hydrogens (tertiary/aromatic N) is 1. The smallest absolute Gasteiger partial charge is 0.271 e. The fourth-order valence-electron chi connectivity index (χ4n) is 2.82. The summed E-state index contributed by atoms with van der Waals surface area (Å²) >= 11 is 0. The quantitative estimate of drug-likeness (QED) is 0.665. The molecule has 2 aromatic rings. The molecule has 0 aromatic heterocycles. The van der Waals surface area contributed by atoms with Crippen LogP contribution in [0.4, 0.5) is 11.4 Å². The van der Waals surface area contributed by atoms with E-state index in [0.29, 0.717) is 0 Å². The highest BCUT2D eigenvalue weighted by Gasteiger charge is 2.23. The number of rotatable bonds is 3. The number of phenolic OH excluding ortho intramolecular Hbond substituents is 1. The zero-order valence-corrected chi connectivity index (χ0v) is 11.7. The van der Waals surface area contributed by atoms with Crippen molar-refractivity contribution < 1.29 is 10.0 Å². The minimum absolute atomic E-state index is 0.0898. The average Bonchev–Trinajstić information content (AvgIpc) is 2.83. The highest BCUT2D eigenvalue weighted by molar-refractivity contribution is 5.59. The molecule has 5 heteroatoms. The molecule has 0 bridgehead atoms. The molecule has 1 aliphatic carbocycles. The first-order chi connectivity index (χ1) is 10.0. The molecule has 0 saturated heterocycles. The molecule has 0 radical (unpaired) electrons. The maximum atomic E-state index is 10.9. The van der Waals surface area contributed by atoms with Gasteiger partial charge in [0.1, 0.15) is 5.75 Å². The van der Waals surface area contributed by atoms with Gasteiger partial charge in [-0.05, 0) is 48.6 Å². The van der Waals surface area contributed by atoms with Crippen LogP contribution in [-0.2, 0) is 6.42 Å². The molecule has 2 aromatic carbocycles. The third kappa shape index (κ3) is 2.54. The van der Waals surface area contributed by atoms with Crippen LogP contribution in [0.2, 0.25) is 0 Å². The molecule has 1 unspecified atom stereocenters. The van der Waals surface area contributed by atoms with Crippen molar-refractivity contribution in [3.05, 3.63) is 63.2 Å². The number of non-ortho nitro benzene ring substituents is 1. The fourth-order valence-corrected chi connectivity index (χ4v) is 2.82. The van der Waals surface area contributed by atoms with Crippen molar-refractivity contribution in [3.8, 4) is 5.75 Å². The van der Waals surface area contributed by atoms with Crippen LogP contribution in [0, 0.1) is 17.0 Å². The Hall–Kier alpha value is -2.56. The van der Waals surface area contributed by atoms with E-state index in [-0.39, 0.29) is 22.4 Å². The number of hydrogen-bond donors (Lipinski definition) is 2. The summed E-state index contributed by atoms with van der Waals surface area (Å²) in [5.41, 5.74) is 4.14. The topological polar surface area (TPSA) is 75.4 Å². The number of hydrogen-bond acceptors (Lipinski definition) is 4. The maximum absolute atomic E-state index is 10.9. The number of phenols is 1. The van der Waals surface area contributed by atoms with E-state index in [1.165, 1.54) is 6.07 Å². The van der Waals surface area contributed by atoms with Crippen molar-refractivity contribution in [2.45, 2.75) is 25.8 Å². The Labute approximate surface area is 122 Å². The minimum atomic E-state index is -0.384. The molecule has 0 spiro atoms. The second-order valence-electron chi connectivity index (χ2n) is 5.38. The normalized spacial score (nSPS) is 16.5. The number of aromatic hydroxyl groups is 1. The Morgan fingerprint density at radius 1 is 1.29 bits per heavy atom. The number of nitro benzene ring substituents is 1. The lowest BCUT2D eigenvalue weighted by molar-refractivity contribution is -0.384. The largest absolute Gasteiger partial charge is 0.508 e. The molecular weight excluding hydrogens is 268 g/mol.